The smallest absolute Gasteiger partial charge is 0.393 e. The third-order valence-corrected chi connectivity index (χ3v) is 10.0. The normalized spacial score (nSPS) is 38.4. The first-order valence-corrected chi connectivity index (χ1v) is 16.0. The van der Waals surface area contributed by atoms with Crippen molar-refractivity contribution in [1.82, 2.24) is 19.6 Å². The molecule has 2 aliphatic rings. The predicted molar refractivity (Wildman–Crippen MR) is 137 cm³/mol. The molecule has 242 valence electrons. The highest BCUT2D eigenvalue weighted by Crippen LogP contribution is 2.62. The van der Waals surface area contributed by atoms with E-state index >= 15 is 4.39 Å². The van der Waals surface area contributed by atoms with Gasteiger partial charge < -0.3 is 60.2 Å². The molecule has 0 bridgehead atoms. The van der Waals surface area contributed by atoms with Crippen molar-refractivity contribution < 1.29 is 76.6 Å². The first-order chi connectivity index (χ1) is 19.9. The van der Waals surface area contributed by atoms with E-state index in [0.29, 0.717) is 0 Å². The number of aliphatic hydroxyl groups excluding tert-OH is 5. The number of nitrogens with two attached hydrogens (primary N) is 1. The second kappa shape index (κ2) is 12.2. The van der Waals surface area contributed by atoms with Crippen molar-refractivity contribution in [3.05, 3.63) is 30.7 Å². The lowest BCUT2D eigenvalue weighted by atomic mass is 9.87. The van der Waals surface area contributed by atoms with Crippen LogP contribution in [0.25, 0.3) is 5.65 Å². The summed E-state index contributed by atoms with van der Waals surface area (Å²) in [7, 11) is -5.67. The lowest BCUT2D eigenvalue weighted by molar-refractivity contribution is -0.287. The fourth-order valence-corrected chi connectivity index (χ4v) is 7.44. The van der Waals surface area contributed by atoms with E-state index in [1.165, 1.54) is 0 Å². The number of anilines is 1. The fourth-order valence-electron chi connectivity index (χ4n) is 4.36. The first-order valence-electron chi connectivity index (χ1n) is 11.9. The van der Waals surface area contributed by atoms with E-state index in [-0.39, 0.29) is 17.2 Å². The number of alkyl halides is 2. The van der Waals surface area contributed by atoms with E-state index in [0.717, 1.165) is 23.1 Å². The summed E-state index contributed by atoms with van der Waals surface area (Å²) in [6.45, 7) is -4.39. The lowest BCUT2D eigenvalue weighted by Gasteiger charge is -2.41. The summed E-state index contributed by atoms with van der Waals surface area (Å²) < 4.78 is 67.1. The standard InChI is InChI=1S/C19H27F2N5O14P2S/c1-2-18(32)13(7-3-25-26-14(7)23-6-24-17(26)22)38-19(21,16(18)31)5-36-42(35,43)40-41(33,34)39-15-11(30)9(28)10(29)12(37-15)8(20)4-27/h2-3,6,8-13,15-16,27-32H,1,4-5H2,(H,33,34)(H,35,43)(H2,22,23,24)/t8-,9?,10?,11?,12?,13-,15?,16-,18-,19+,42?/m0/s1. The van der Waals surface area contributed by atoms with Crippen molar-refractivity contribution in [2.24, 2.45) is 0 Å². The summed E-state index contributed by atoms with van der Waals surface area (Å²) in [5, 5.41) is 64.4. The number of aliphatic hydroxyl groups is 6. The zero-order valence-corrected chi connectivity index (χ0v) is 24.0. The number of fused-ring (bicyclic) bond motifs is 1. The van der Waals surface area contributed by atoms with Gasteiger partial charge in [-0.1, -0.05) is 6.08 Å². The number of ether oxygens (including phenoxy) is 2. The minimum Gasteiger partial charge on any atom is -0.393 e. The Balaban J connectivity index is 1.48. The molecule has 0 aromatic carbocycles. The van der Waals surface area contributed by atoms with Crippen molar-refractivity contribution in [3.63, 3.8) is 0 Å². The maximum atomic E-state index is 15.9. The third-order valence-electron chi connectivity index (χ3n) is 6.55. The summed E-state index contributed by atoms with van der Waals surface area (Å²) in [6, 6.07) is 0. The number of nitrogens with zero attached hydrogens (tertiary/aromatic N) is 4. The molecular weight excluding hydrogens is 654 g/mol. The minimum absolute atomic E-state index is 0.0471. The molecular formula is C19H27F2N5O14P2S. The van der Waals surface area contributed by atoms with Crippen LogP contribution in [-0.4, -0.2) is 128 Å². The summed E-state index contributed by atoms with van der Waals surface area (Å²) >= 11 is 4.60. The maximum absolute atomic E-state index is 15.9. The Labute approximate surface area is 244 Å². The number of phosphoric ester groups is 1. The van der Waals surface area contributed by atoms with Crippen molar-refractivity contribution in [2.75, 3.05) is 18.9 Å². The number of halogens is 2. The van der Waals surface area contributed by atoms with Crippen LogP contribution in [0, 0.1) is 0 Å². The van der Waals surface area contributed by atoms with E-state index in [1.54, 1.807) is 0 Å². The van der Waals surface area contributed by atoms with Crippen molar-refractivity contribution in [2.45, 2.75) is 60.5 Å². The highest BCUT2D eigenvalue weighted by Gasteiger charge is 2.64. The Morgan fingerprint density at radius 1 is 1.26 bits per heavy atom. The van der Waals surface area contributed by atoms with E-state index in [2.05, 4.69) is 42.3 Å². The molecule has 0 aliphatic carbocycles. The molecule has 2 saturated heterocycles. The van der Waals surface area contributed by atoms with Gasteiger partial charge in [0, 0.05) is 5.56 Å². The van der Waals surface area contributed by atoms with Crippen LogP contribution in [0.2, 0.25) is 0 Å². The van der Waals surface area contributed by atoms with Gasteiger partial charge in [0.05, 0.1) is 12.8 Å². The van der Waals surface area contributed by atoms with Crippen LogP contribution in [0.3, 0.4) is 0 Å². The van der Waals surface area contributed by atoms with Gasteiger partial charge in [-0.05, 0) is 11.8 Å². The highest BCUT2D eigenvalue weighted by molar-refractivity contribution is 8.08. The molecule has 4 heterocycles. The molecule has 0 amide bonds. The maximum Gasteiger partial charge on any atom is 0.481 e. The minimum atomic E-state index is -5.67. The molecule has 43 heavy (non-hydrogen) atoms. The Hall–Kier alpha value is -1.69. The molecule has 7 unspecified atom stereocenters. The summed E-state index contributed by atoms with van der Waals surface area (Å²) in [4.78, 5) is 28.1. The molecule has 2 fully saturated rings. The van der Waals surface area contributed by atoms with Crippen LogP contribution >= 0.6 is 14.5 Å². The summed E-state index contributed by atoms with van der Waals surface area (Å²) in [5.74, 6) is -3.53. The summed E-state index contributed by atoms with van der Waals surface area (Å²) in [6.07, 6.45) is -14.7. The van der Waals surface area contributed by atoms with Crippen molar-refractivity contribution >= 4 is 37.9 Å². The SMILES string of the molecule is C=C[C@]1(O)[C@H](c2cnn3c(N)ncnc23)O[C@](F)(COP(O)(=S)OP(=O)(O)OC2OC([C@@H](F)CO)C(O)C(O)C2O)[C@H]1O. The quantitative estimate of drug-likeness (QED) is 0.0856. The molecule has 0 radical (unpaired) electrons. The van der Waals surface area contributed by atoms with Gasteiger partial charge in [-0.2, -0.15) is 9.61 Å². The van der Waals surface area contributed by atoms with Crippen LogP contribution in [0.15, 0.2) is 25.2 Å². The van der Waals surface area contributed by atoms with Crippen LogP contribution in [-0.2, 0) is 39.2 Å². The number of rotatable bonds is 11. The van der Waals surface area contributed by atoms with Gasteiger partial charge in [-0.3, -0.25) is 4.52 Å². The van der Waals surface area contributed by atoms with Crippen LogP contribution in [0.4, 0.5) is 14.7 Å². The largest absolute Gasteiger partial charge is 0.481 e. The highest BCUT2D eigenvalue weighted by atomic mass is 32.5. The molecule has 12 atom stereocenters. The molecule has 2 aliphatic heterocycles. The van der Waals surface area contributed by atoms with Gasteiger partial charge in [0.25, 0.3) is 5.85 Å². The molecule has 19 nitrogen and oxygen atoms in total. The van der Waals surface area contributed by atoms with Gasteiger partial charge in [0.15, 0.2) is 24.2 Å². The van der Waals surface area contributed by atoms with Crippen LogP contribution < -0.4 is 5.73 Å². The number of hydrogen-bond donors (Lipinski definition) is 9. The molecule has 0 spiro atoms. The zero-order chi connectivity index (χ0) is 32.1. The van der Waals surface area contributed by atoms with Gasteiger partial charge in [-0.25, -0.2) is 27.6 Å². The summed E-state index contributed by atoms with van der Waals surface area (Å²) in [5.41, 5.74) is 3.00. The van der Waals surface area contributed by atoms with E-state index in [1.807, 2.05) is 0 Å². The molecule has 2 aromatic rings. The average Bonchev–Trinajstić information content (AvgIpc) is 3.46. The van der Waals surface area contributed by atoms with E-state index < -0.39 is 88.3 Å². The predicted octanol–water partition coefficient (Wildman–Crippen LogP) is -2.77. The third kappa shape index (κ3) is 6.51. The number of aromatic nitrogens is 4. The Bertz CT molecular complexity index is 1450. The van der Waals surface area contributed by atoms with Crippen LogP contribution in [0.1, 0.15) is 11.7 Å². The molecule has 2 aromatic heterocycles. The van der Waals surface area contributed by atoms with E-state index in [9.17, 15) is 44.3 Å². The van der Waals surface area contributed by atoms with Gasteiger partial charge in [0.2, 0.25) is 5.95 Å². The number of nitrogen functional groups attached to an aromatic ring is 1. The monoisotopic (exact) mass is 681 g/mol. The topological polar surface area (TPSA) is 294 Å². The molecule has 24 heteroatoms. The van der Waals surface area contributed by atoms with Crippen molar-refractivity contribution in [3.8, 4) is 0 Å². The van der Waals surface area contributed by atoms with Crippen molar-refractivity contribution in [1.29, 1.82) is 0 Å². The first kappa shape index (κ1) is 34.2. The average molecular weight is 681 g/mol. The lowest BCUT2D eigenvalue weighted by Crippen LogP contribution is -2.60. The second-order valence-corrected chi connectivity index (χ2v) is 13.8. The molecule has 4 rings (SSSR count). The molecule has 0 saturated carbocycles. The Morgan fingerprint density at radius 3 is 2.56 bits per heavy atom. The van der Waals surface area contributed by atoms with Gasteiger partial charge in [-0.15, -0.1) is 6.58 Å². The Kier molecular flexibility index (Phi) is 9.74. The fraction of sp³-hybridized carbons (Fsp3) is 0.632. The molecule has 10 N–H and O–H groups in total. The number of phosphoric acid groups is 1. The Morgan fingerprint density at radius 2 is 1.93 bits per heavy atom. The van der Waals surface area contributed by atoms with E-state index in [4.69, 9.17) is 24.8 Å². The van der Waals surface area contributed by atoms with Gasteiger partial charge >= 0.3 is 14.5 Å². The number of hydrogen-bond acceptors (Lipinski definition) is 17. The second-order valence-electron chi connectivity index (χ2n) is 9.38. The zero-order valence-electron chi connectivity index (χ0n) is 21.4. The van der Waals surface area contributed by atoms with Gasteiger partial charge in [0.1, 0.15) is 49.1 Å². The van der Waals surface area contributed by atoms with Crippen LogP contribution in [0.5, 0.6) is 0 Å².